The Hall–Kier alpha value is -0.570. The standard InChI is InChI=1S/C16H33NO2/c1-4-5-6-7-8-9-10-11-12-13-14-17(3)15(2)16(18)19/h15H,4-14H2,1-3H3,(H,18,19). The van der Waals surface area contributed by atoms with Crippen molar-refractivity contribution in [3.05, 3.63) is 0 Å². The van der Waals surface area contributed by atoms with Crippen LogP contribution in [0.4, 0.5) is 0 Å². The number of rotatable bonds is 13. The highest BCUT2D eigenvalue weighted by Crippen LogP contribution is 2.11. The van der Waals surface area contributed by atoms with Gasteiger partial charge < -0.3 is 5.11 Å². The second-order valence-corrected chi connectivity index (χ2v) is 5.68. The largest absolute Gasteiger partial charge is 0.480 e. The highest BCUT2D eigenvalue weighted by Gasteiger charge is 2.15. The Labute approximate surface area is 119 Å². The topological polar surface area (TPSA) is 40.5 Å². The molecule has 114 valence electrons. The molecular formula is C16H33NO2. The molecule has 1 N–H and O–H groups in total. The number of carbonyl (C=O) groups is 1. The fraction of sp³-hybridized carbons (Fsp3) is 0.938. The highest BCUT2D eigenvalue weighted by molar-refractivity contribution is 5.72. The second kappa shape index (κ2) is 12.5. The lowest BCUT2D eigenvalue weighted by atomic mass is 10.1. The van der Waals surface area contributed by atoms with Gasteiger partial charge in [0.1, 0.15) is 6.04 Å². The van der Waals surface area contributed by atoms with Gasteiger partial charge in [-0.1, -0.05) is 64.7 Å². The molecule has 0 aromatic carbocycles. The summed E-state index contributed by atoms with van der Waals surface area (Å²) >= 11 is 0. The monoisotopic (exact) mass is 271 g/mol. The number of carboxylic acids is 1. The number of nitrogens with zero attached hydrogens (tertiary/aromatic N) is 1. The molecule has 0 aliphatic heterocycles. The Morgan fingerprint density at radius 3 is 1.79 bits per heavy atom. The summed E-state index contributed by atoms with van der Waals surface area (Å²) in [5.74, 6) is -0.727. The molecule has 0 saturated carbocycles. The summed E-state index contributed by atoms with van der Waals surface area (Å²) in [5.41, 5.74) is 0. The van der Waals surface area contributed by atoms with Gasteiger partial charge in [-0.3, -0.25) is 9.69 Å². The number of hydrogen-bond donors (Lipinski definition) is 1. The van der Waals surface area contributed by atoms with E-state index in [4.69, 9.17) is 5.11 Å². The van der Waals surface area contributed by atoms with Crippen LogP contribution in [-0.4, -0.2) is 35.6 Å². The van der Waals surface area contributed by atoms with Crippen molar-refractivity contribution >= 4 is 5.97 Å². The van der Waals surface area contributed by atoms with Gasteiger partial charge in [-0.25, -0.2) is 0 Å². The van der Waals surface area contributed by atoms with Gasteiger partial charge in [-0.05, 0) is 26.9 Å². The minimum atomic E-state index is -0.727. The maximum atomic E-state index is 10.8. The Kier molecular flexibility index (Phi) is 12.1. The van der Waals surface area contributed by atoms with E-state index in [-0.39, 0.29) is 6.04 Å². The summed E-state index contributed by atoms with van der Waals surface area (Å²) in [5, 5.41) is 8.87. The molecule has 0 heterocycles. The molecule has 0 aromatic heterocycles. The molecular weight excluding hydrogens is 238 g/mol. The van der Waals surface area contributed by atoms with Crippen molar-refractivity contribution in [2.45, 2.75) is 84.1 Å². The van der Waals surface area contributed by atoms with Crippen LogP contribution in [0, 0.1) is 0 Å². The van der Waals surface area contributed by atoms with Gasteiger partial charge in [-0.15, -0.1) is 0 Å². The lowest BCUT2D eigenvalue weighted by molar-refractivity contribution is -0.142. The molecule has 0 aliphatic rings. The maximum absolute atomic E-state index is 10.8. The number of carboxylic acid groups (broad SMARTS) is 1. The SMILES string of the molecule is CCCCCCCCCCCCN(C)C(C)C(=O)O. The Morgan fingerprint density at radius 2 is 1.37 bits per heavy atom. The quantitative estimate of drug-likeness (QED) is 0.507. The van der Waals surface area contributed by atoms with E-state index in [1.54, 1.807) is 6.92 Å². The first-order valence-electron chi connectivity index (χ1n) is 8.02. The molecule has 3 heteroatoms. The molecule has 0 bridgehead atoms. The normalized spacial score (nSPS) is 12.8. The molecule has 0 fully saturated rings. The number of aliphatic carboxylic acids is 1. The van der Waals surface area contributed by atoms with Crippen LogP contribution < -0.4 is 0 Å². The zero-order valence-corrected chi connectivity index (χ0v) is 13.2. The van der Waals surface area contributed by atoms with Crippen molar-refractivity contribution in [3.8, 4) is 0 Å². The smallest absolute Gasteiger partial charge is 0.320 e. The molecule has 3 nitrogen and oxygen atoms in total. The maximum Gasteiger partial charge on any atom is 0.320 e. The van der Waals surface area contributed by atoms with Crippen molar-refractivity contribution in [1.82, 2.24) is 4.90 Å². The van der Waals surface area contributed by atoms with Gasteiger partial charge in [0.15, 0.2) is 0 Å². The van der Waals surface area contributed by atoms with Crippen LogP contribution in [0.15, 0.2) is 0 Å². The van der Waals surface area contributed by atoms with Crippen molar-refractivity contribution in [2.24, 2.45) is 0 Å². The molecule has 19 heavy (non-hydrogen) atoms. The number of likely N-dealkylation sites (N-methyl/N-ethyl adjacent to an activating group) is 1. The van der Waals surface area contributed by atoms with E-state index in [9.17, 15) is 4.79 Å². The zero-order chi connectivity index (χ0) is 14.5. The third kappa shape index (κ3) is 11.0. The van der Waals surface area contributed by atoms with Crippen LogP contribution >= 0.6 is 0 Å². The Morgan fingerprint density at radius 1 is 0.947 bits per heavy atom. The predicted molar refractivity (Wildman–Crippen MR) is 81.6 cm³/mol. The highest BCUT2D eigenvalue weighted by atomic mass is 16.4. The molecule has 0 radical (unpaired) electrons. The van der Waals surface area contributed by atoms with Crippen molar-refractivity contribution < 1.29 is 9.90 Å². The first-order chi connectivity index (χ1) is 9.09. The molecule has 0 aliphatic carbocycles. The molecule has 1 unspecified atom stereocenters. The summed E-state index contributed by atoms with van der Waals surface area (Å²) in [6.45, 7) is 4.89. The summed E-state index contributed by atoms with van der Waals surface area (Å²) in [6, 6.07) is -0.362. The fourth-order valence-electron chi connectivity index (χ4n) is 2.23. The van der Waals surface area contributed by atoms with E-state index in [1.807, 2.05) is 11.9 Å². The minimum absolute atomic E-state index is 0.362. The van der Waals surface area contributed by atoms with Crippen LogP contribution in [-0.2, 0) is 4.79 Å². The van der Waals surface area contributed by atoms with Crippen LogP contribution in [0.2, 0.25) is 0 Å². The second-order valence-electron chi connectivity index (χ2n) is 5.68. The molecule has 0 saturated heterocycles. The van der Waals surface area contributed by atoms with Gasteiger partial charge in [0, 0.05) is 0 Å². The molecule has 0 amide bonds. The van der Waals surface area contributed by atoms with E-state index in [2.05, 4.69) is 6.92 Å². The summed E-state index contributed by atoms with van der Waals surface area (Å²) in [4.78, 5) is 12.7. The number of unbranched alkanes of at least 4 members (excludes halogenated alkanes) is 9. The first kappa shape index (κ1) is 18.4. The minimum Gasteiger partial charge on any atom is -0.480 e. The van der Waals surface area contributed by atoms with Crippen LogP contribution in [0.1, 0.15) is 78.1 Å². The third-order valence-electron chi connectivity index (χ3n) is 3.88. The average molecular weight is 271 g/mol. The summed E-state index contributed by atoms with van der Waals surface area (Å²) in [7, 11) is 1.90. The van der Waals surface area contributed by atoms with Gasteiger partial charge in [0.25, 0.3) is 0 Å². The molecule has 0 aromatic rings. The van der Waals surface area contributed by atoms with E-state index in [0.29, 0.717) is 0 Å². The van der Waals surface area contributed by atoms with E-state index in [1.165, 1.54) is 57.8 Å². The van der Waals surface area contributed by atoms with Crippen molar-refractivity contribution in [1.29, 1.82) is 0 Å². The molecule has 0 rings (SSSR count). The lowest BCUT2D eigenvalue weighted by Crippen LogP contribution is -2.36. The Bertz CT molecular complexity index is 219. The average Bonchev–Trinajstić information content (AvgIpc) is 2.39. The van der Waals surface area contributed by atoms with Gasteiger partial charge in [0.05, 0.1) is 0 Å². The summed E-state index contributed by atoms with van der Waals surface area (Å²) < 4.78 is 0. The molecule has 1 atom stereocenters. The Balaban J connectivity index is 3.25. The lowest BCUT2D eigenvalue weighted by Gasteiger charge is -2.20. The van der Waals surface area contributed by atoms with Gasteiger partial charge in [0.2, 0.25) is 0 Å². The van der Waals surface area contributed by atoms with E-state index >= 15 is 0 Å². The van der Waals surface area contributed by atoms with Crippen LogP contribution in [0.25, 0.3) is 0 Å². The van der Waals surface area contributed by atoms with Gasteiger partial charge >= 0.3 is 5.97 Å². The number of hydrogen-bond acceptors (Lipinski definition) is 2. The van der Waals surface area contributed by atoms with Crippen molar-refractivity contribution in [2.75, 3.05) is 13.6 Å². The predicted octanol–water partition coefficient (Wildman–Crippen LogP) is 4.31. The van der Waals surface area contributed by atoms with E-state index in [0.717, 1.165) is 13.0 Å². The summed E-state index contributed by atoms with van der Waals surface area (Å²) in [6.07, 6.45) is 13.2. The van der Waals surface area contributed by atoms with Crippen molar-refractivity contribution in [3.63, 3.8) is 0 Å². The zero-order valence-electron chi connectivity index (χ0n) is 13.2. The van der Waals surface area contributed by atoms with Crippen LogP contribution in [0.3, 0.4) is 0 Å². The third-order valence-corrected chi connectivity index (χ3v) is 3.88. The van der Waals surface area contributed by atoms with Crippen LogP contribution in [0.5, 0.6) is 0 Å². The van der Waals surface area contributed by atoms with Gasteiger partial charge in [-0.2, -0.15) is 0 Å². The molecule has 0 spiro atoms. The first-order valence-corrected chi connectivity index (χ1v) is 8.02. The van der Waals surface area contributed by atoms with E-state index < -0.39 is 5.97 Å². The fourth-order valence-corrected chi connectivity index (χ4v) is 2.23.